The first-order chi connectivity index (χ1) is 6.86. The summed E-state index contributed by atoms with van der Waals surface area (Å²) < 4.78 is 38.1. The second-order valence-corrected chi connectivity index (χ2v) is 3.66. The Kier molecular flexibility index (Phi) is 3.38. The van der Waals surface area contributed by atoms with Crippen molar-refractivity contribution in [3.05, 3.63) is 18.0 Å². The molecule has 3 nitrogen and oxygen atoms in total. The summed E-state index contributed by atoms with van der Waals surface area (Å²) in [5.74, 6) is 0.0889. The average molecular weight is 221 g/mol. The van der Waals surface area contributed by atoms with Gasteiger partial charge in [-0.1, -0.05) is 6.92 Å². The second kappa shape index (κ2) is 4.22. The molecule has 86 valence electrons. The van der Waals surface area contributed by atoms with E-state index in [-0.39, 0.29) is 12.0 Å². The Hall–Kier alpha value is -1.04. The van der Waals surface area contributed by atoms with Crippen LogP contribution in [0.5, 0.6) is 0 Å². The van der Waals surface area contributed by atoms with Crippen LogP contribution in [0.1, 0.15) is 25.5 Å². The van der Waals surface area contributed by atoms with Crippen LogP contribution in [0.3, 0.4) is 0 Å². The van der Waals surface area contributed by atoms with E-state index in [2.05, 4.69) is 5.10 Å². The molecular formula is C9H14F3N3. The standard InChI is InChI=1S/C9H14F3N3/c1-6(3-13)7(2)15-5-8(4-14-15)9(10,11)12/h4-7H,3,13H2,1-2H3. The monoisotopic (exact) mass is 221 g/mol. The van der Waals surface area contributed by atoms with Gasteiger partial charge in [0.1, 0.15) is 0 Å². The molecule has 0 radical (unpaired) electrons. The molecule has 0 aliphatic heterocycles. The summed E-state index contributed by atoms with van der Waals surface area (Å²) in [6.07, 6.45) is -2.49. The van der Waals surface area contributed by atoms with Gasteiger partial charge in [-0.25, -0.2) is 0 Å². The predicted octanol–water partition coefficient (Wildman–Crippen LogP) is 2.06. The number of nitrogens with zero attached hydrogens (tertiary/aromatic N) is 2. The number of halogens is 3. The third-order valence-corrected chi connectivity index (χ3v) is 2.54. The topological polar surface area (TPSA) is 43.8 Å². The van der Waals surface area contributed by atoms with E-state index in [0.29, 0.717) is 6.54 Å². The molecule has 1 rings (SSSR count). The number of rotatable bonds is 3. The van der Waals surface area contributed by atoms with Crippen LogP contribution in [0.25, 0.3) is 0 Å². The molecule has 6 heteroatoms. The summed E-state index contributed by atoms with van der Waals surface area (Å²) in [5.41, 5.74) is 4.72. The van der Waals surface area contributed by atoms with Gasteiger partial charge in [-0.3, -0.25) is 4.68 Å². The van der Waals surface area contributed by atoms with E-state index < -0.39 is 11.7 Å². The minimum Gasteiger partial charge on any atom is -0.330 e. The van der Waals surface area contributed by atoms with Gasteiger partial charge in [-0.05, 0) is 19.4 Å². The van der Waals surface area contributed by atoms with Crippen molar-refractivity contribution in [2.75, 3.05) is 6.54 Å². The summed E-state index contributed by atoms with van der Waals surface area (Å²) in [5, 5.41) is 3.69. The van der Waals surface area contributed by atoms with Crippen LogP contribution < -0.4 is 5.73 Å². The van der Waals surface area contributed by atoms with Gasteiger partial charge in [0.05, 0.1) is 17.8 Å². The van der Waals surface area contributed by atoms with E-state index in [4.69, 9.17) is 5.73 Å². The van der Waals surface area contributed by atoms with Crippen molar-refractivity contribution < 1.29 is 13.2 Å². The van der Waals surface area contributed by atoms with E-state index in [1.165, 1.54) is 4.68 Å². The normalized spacial score (nSPS) is 16.4. The zero-order valence-electron chi connectivity index (χ0n) is 8.62. The molecule has 2 N–H and O–H groups in total. The number of hydrogen-bond donors (Lipinski definition) is 1. The maximum atomic E-state index is 12.3. The van der Waals surface area contributed by atoms with E-state index in [0.717, 1.165) is 12.4 Å². The zero-order valence-corrected chi connectivity index (χ0v) is 8.62. The summed E-state index contributed by atoms with van der Waals surface area (Å²) in [6.45, 7) is 4.09. The molecule has 2 atom stereocenters. The molecule has 0 fully saturated rings. The largest absolute Gasteiger partial charge is 0.419 e. The van der Waals surface area contributed by atoms with Crippen molar-refractivity contribution >= 4 is 0 Å². The van der Waals surface area contributed by atoms with Crippen molar-refractivity contribution in [3.63, 3.8) is 0 Å². The average Bonchev–Trinajstić information content (AvgIpc) is 2.63. The third-order valence-electron chi connectivity index (χ3n) is 2.54. The number of hydrogen-bond acceptors (Lipinski definition) is 2. The molecule has 1 aromatic heterocycles. The Morgan fingerprint density at radius 3 is 2.47 bits per heavy atom. The Balaban J connectivity index is 2.85. The van der Waals surface area contributed by atoms with Gasteiger partial charge in [0, 0.05) is 6.20 Å². The smallest absolute Gasteiger partial charge is 0.330 e. The lowest BCUT2D eigenvalue weighted by Gasteiger charge is -2.18. The SMILES string of the molecule is CC(CN)C(C)n1cc(C(F)(F)F)cn1. The lowest BCUT2D eigenvalue weighted by Crippen LogP contribution is -2.22. The summed E-state index contributed by atoms with van der Waals surface area (Å²) in [6, 6.07) is -0.133. The van der Waals surface area contributed by atoms with Gasteiger partial charge < -0.3 is 5.73 Å². The summed E-state index contributed by atoms with van der Waals surface area (Å²) >= 11 is 0. The quantitative estimate of drug-likeness (QED) is 0.849. The maximum Gasteiger partial charge on any atom is 0.419 e. The molecule has 1 heterocycles. The van der Waals surface area contributed by atoms with Crippen molar-refractivity contribution in [1.29, 1.82) is 0 Å². The molecule has 0 aliphatic rings. The van der Waals surface area contributed by atoms with Crippen LogP contribution in [-0.4, -0.2) is 16.3 Å². The minimum absolute atomic E-state index is 0.0889. The van der Waals surface area contributed by atoms with Gasteiger partial charge in [0.25, 0.3) is 0 Å². The highest BCUT2D eigenvalue weighted by atomic mass is 19.4. The molecule has 1 aromatic rings. The van der Waals surface area contributed by atoms with Crippen molar-refractivity contribution in [2.45, 2.75) is 26.1 Å². The van der Waals surface area contributed by atoms with Crippen molar-refractivity contribution in [3.8, 4) is 0 Å². The third kappa shape index (κ3) is 2.71. The molecule has 0 spiro atoms. The fraction of sp³-hybridized carbons (Fsp3) is 0.667. The Morgan fingerprint density at radius 1 is 1.47 bits per heavy atom. The first-order valence-electron chi connectivity index (χ1n) is 4.67. The molecule has 0 saturated heterocycles. The van der Waals surface area contributed by atoms with Crippen LogP contribution in [0.15, 0.2) is 12.4 Å². The van der Waals surface area contributed by atoms with Crippen LogP contribution in [0.4, 0.5) is 13.2 Å². The molecule has 0 aromatic carbocycles. The number of aromatic nitrogens is 2. The predicted molar refractivity (Wildman–Crippen MR) is 50.2 cm³/mol. The summed E-state index contributed by atoms with van der Waals surface area (Å²) in [7, 11) is 0. The molecule has 0 amide bonds. The Morgan fingerprint density at radius 2 is 2.07 bits per heavy atom. The lowest BCUT2D eigenvalue weighted by atomic mass is 10.0. The van der Waals surface area contributed by atoms with E-state index in [1.54, 1.807) is 6.92 Å². The van der Waals surface area contributed by atoms with Crippen molar-refractivity contribution in [2.24, 2.45) is 11.7 Å². The minimum atomic E-state index is -4.33. The van der Waals surface area contributed by atoms with E-state index in [1.807, 2.05) is 6.92 Å². The first-order valence-corrected chi connectivity index (χ1v) is 4.67. The molecule has 15 heavy (non-hydrogen) atoms. The Labute approximate surface area is 86.1 Å². The zero-order chi connectivity index (χ0) is 11.6. The second-order valence-electron chi connectivity index (χ2n) is 3.66. The highest BCUT2D eigenvalue weighted by molar-refractivity contribution is 5.08. The number of alkyl halides is 3. The van der Waals surface area contributed by atoms with Crippen molar-refractivity contribution in [1.82, 2.24) is 9.78 Å². The van der Waals surface area contributed by atoms with Gasteiger partial charge in [0.15, 0.2) is 0 Å². The van der Waals surface area contributed by atoms with Gasteiger partial charge in [-0.15, -0.1) is 0 Å². The first kappa shape index (κ1) is 12.0. The molecular weight excluding hydrogens is 207 g/mol. The lowest BCUT2D eigenvalue weighted by molar-refractivity contribution is -0.137. The van der Waals surface area contributed by atoms with Crippen LogP contribution >= 0.6 is 0 Å². The maximum absolute atomic E-state index is 12.3. The number of nitrogens with two attached hydrogens (primary N) is 1. The van der Waals surface area contributed by atoms with E-state index >= 15 is 0 Å². The molecule has 0 saturated carbocycles. The van der Waals surface area contributed by atoms with E-state index in [9.17, 15) is 13.2 Å². The molecule has 2 unspecified atom stereocenters. The highest BCUT2D eigenvalue weighted by Gasteiger charge is 2.32. The van der Waals surface area contributed by atoms with Crippen LogP contribution in [-0.2, 0) is 6.18 Å². The fourth-order valence-electron chi connectivity index (χ4n) is 1.16. The van der Waals surface area contributed by atoms with Crippen LogP contribution in [0, 0.1) is 5.92 Å². The molecule has 0 aliphatic carbocycles. The molecule has 0 bridgehead atoms. The summed E-state index contributed by atoms with van der Waals surface area (Å²) in [4.78, 5) is 0. The fourth-order valence-corrected chi connectivity index (χ4v) is 1.16. The Bertz CT molecular complexity index is 319. The van der Waals surface area contributed by atoms with Gasteiger partial charge in [0.2, 0.25) is 0 Å². The highest BCUT2D eigenvalue weighted by Crippen LogP contribution is 2.29. The van der Waals surface area contributed by atoms with Crippen LogP contribution in [0.2, 0.25) is 0 Å². The van der Waals surface area contributed by atoms with Gasteiger partial charge in [-0.2, -0.15) is 18.3 Å². The van der Waals surface area contributed by atoms with Gasteiger partial charge >= 0.3 is 6.18 Å².